The highest BCUT2D eigenvalue weighted by molar-refractivity contribution is 7.89. The average Bonchev–Trinajstić information content (AvgIpc) is 2.44. The van der Waals surface area contributed by atoms with E-state index in [4.69, 9.17) is 0 Å². The van der Waals surface area contributed by atoms with Gasteiger partial charge in [0.2, 0.25) is 10.0 Å². The predicted octanol–water partition coefficient (Wildman–Crippen LogP) is 2.65. The van der Waals surface area contributed by atoms with E-state index < -0.39 is 10.0 Å². The fourth-order valence-corrected chi connectivity index (χ4v) is 3.04. The minimum absolute atomic E-state index is 0.352. The molecule has 0 bridgehead atoms. The molecular weight excluding hydrogens is 272 g/mol. The SMILES string of the molecule is CCCCCNS(=O)(=O)c1cccc(CNCCC)c1. The molecule has 0 amide bonds. The van der Waals surface area contributed by atoms with Gasteiger partial charge in [0.1, 0.15) is 0 Å². The minimum Gasteiger partial charge on any atom is -0.313 e. The lowest BCUT2D eigenvalue weighted by Crippen LogP contribution is -2.25. The number of unbranched alkanes of at least 4 members (excludes halogenated alkanes) is 2. The van der Waals surface area contributed by atoms with Gasteiger partial charge in [-0.15, -0.1) is 0 Å². The van der Waals surface area contributed by atoms with Crippen molar-refractivity contribution in [2.24, 2.45) is 0 Å². The predicted molar refractivity (Wildman–Crippen MR) is 83.2 cm³/mol. The number of nitrogens with one attached hydrogen (secondary N) is 2. The van der Waals surface area contributed by atoms with Crippen LogP contribution in [0.2, 0.25) is 0 Å². The van der Waals surface area contributed by atoms with E-state index in [1.807, 2.05) is 6.07 Å². The quantitative estimate of drug-likeness (QED) is 0.653. The van der Waals surface area contributed by atoms with Gasteiger partial charge in [-0.25, -0.2) is 13.1 Å². The van der Waals surface area contributed by atoms with Crippen molar-refractivity contribution in [1.82, 2.24) is 10.0 Å². The van der Waals surface area contributed by atoms with Gasteiger partial charge in [0.25, 0.3) is 0 Å². The Kier molecular flexibility index (Phi) is 7.80. The van der Waals surface area contributed by atoms with Crippen molar-refractivity contribution < 1.29 is 8.42 Å². The van der Waals surface area contributed by atoms with E-state index in [-0.39, 0.29) is 0 Å². The fourth-order valence-electron chi connectivity index (χ4n) is 1.90. The van der Waals surface area contributed by atoms with Crippen molar-refractivity contribution in [3.63, 3.8) is 0 Å². The van der Waals surface area contributed by atoms with Crippen LogP contribution in [0.4, 0.5) is 0 Å². The number of hydrogen-bond donors (Lipinski definition) is 2. The molecule has 0 heterocycles. The van der Waals surface area contributed by atoms with Crippen LogP contribution < -0.4 is 10.0 Å². The monoisotopic (exact) mass is 298 g/mol. The van der Waals surface area contributed by atoms with Gasteiger partial charge in [-0.2, -0.15) is 0 Å². The zero-order valence-corrected chi connectivity index (χ0v) is 13.3. The van der Waals surface area contributed by atoms with Crippen LogP contribution in [0.3, 0.4) is 0 Å². The Bertz CT molecular complexity index is 486. The highest BCUT2D eigenvalue weighted by Gasteiger charge is 2.13. The first kappa shape index (κ1) is 17.1. The van der Waals surface area contributed by atoms with Crippen LogP contribution in [-0.4, -0.2) is 21.5 Å². The molecule has 0 aliphatic carbocycles. The van der Waals surface area contributed by atoms with Crippen LogP contribution in [0.25, 0.3) is 0 Å². The second kappa shape index (κ2) is 9.10. The van der Waals surface area contributed by atoms with E-state index in [1.165, 1.54) is 0 Å². The standard InChI is InChI=1S/C15H26N2O2S/c1-3-5-6-11-17-20(18,19)15-9-7-8-14(12-15)13-16-10-4-2/h7-9,12,16-17H,3-6,10-11,13H2,1-2H3. The third-order valence-corrected chi connectivity index (χ3v) is 4.50. The van der Waals surface area contributed by atoms with Gasteiger partial charge in [0.15, 0.2) is 0 Å². The molecule has 0 saturated carbocycles. The Morgan fingerprint density at radius 2 is 1.85 bits per heavy atom. The van der Waals surface area contributed by atoms with Gasteiger partial charge in [-0.3, -0.25) is 0 Å². The zero-order chi connectivity index (χ0) is 14.8. The molecule has 0 spiro atoms. The van der Waals surface area contributed by atoms with Gasteiger partial charge in [-0.05, 0) is 37.1 Å². The van der Waals surface area contributed by atoms with Crippen LogP contribution in [0, 0.1) is 0 Å². The van der Waals surface area contributed by atoms with Gasteiger partial charge in [0.05, 0.1) is 4.90 Å². The molecule has 20 heavy (non-hydrogen) atoms. The Labute approximate surface area is 123 Å². The van der Waals surface area contributed by atoms with E-state index in [9.17, 15) is 8.42 Å². The molecule has 114 valence electrons. The van der Waals surface area contributed by atoms with Gasteiger partial charge in [0, 0.05) is 13.1 Å². The average molecular weight is 298 g/mol. The molecule has 1 rings (SSSR count). The zero-order valence-electron chi connectivity index (χ0n) is 12.5. The lowest BCUT2D eigenvalue weighted by molar-refractivity contribution is 0.575. The fraction of sp³-hybridized carbons (Fsp3) is 0.600. The highest BCUT2D eigenvalue weighted by atomic mass is 32.2. The molecule has 1 aromatic carbocycles. The molecule has 0 aliphatic rings. The molecule has 0 atom stereocenters. The van der Waals surface area contributed by atoms with Gasteiger partial charge in [-0.1, -0.05) is 38.8 Å². The molecule has 4 nitrogen and oxygen atoms in total. The molecular formula is C15H26N2O2S. The summed E-state index contributed by atoms with van der Waals surface area (Å²) in [4.78, 5) is 0.352. The number of hydrogen-bond acceptors (Lipinski definition) is 3. The number of benzene rings is 1. The normalized spacial score (nSPS) is 11.7. The van der Waals surface area contributed by atoms with Crippen molar-refractivity contribution in [2.45, 2.75) is 51.0 Å². The summed E-state index contributed by atoms with van der Waals surface area (Å²) in [7, 11) is -3.37. The van der Waals surface area contributed by atoms with E-state index in [0.717, 1.165) is 37.8 Å². The Morgan fingerprint density at radius 3 is 2.55 bits per heavy atom. The van der Waals surface area contributed by atoms with Crippen LogP contribution in [0.5, 0.6) is 0 Å². The molecule has 2 N–H and O–H groups in total. The van der Waals surface area contributed by atoms with Crippen molar-refractivity contribution in [2.75, 3.05) is 13.1 Å². The van der Waals surface area contributed by atoms with Crippen LogP contribution in [-0.2, 0) is 16.6 Å². The van der Waals surface area contributed by atoms with Crippen LogP contribution in [0.15, 0.2) is 29.2 Å². The minimum atomic E-state index is -3.37. The third-order valence-electron chi connectivity index (χ3n) is 3.04. The summed E-state index contributed by atoms with van der Waals surface area (Å²) in [6, 6.07) is 7.12. The van der Waals surface area contributed by atoms with E-state index >= 15 is 0 Å². The summed E-state index contributed by atoms with van der Waals surface area (Å²) < 4.78 is 26.9. The molecule has 0 aromatic heterocycles. The van der Waals surface area contributed by atoms with Crippen LogP contribution in [0.1, 0.15) is 45.1 Å². The Hall–Kier alpha value is -0.910. The molecule has 0 aliphatic heterocycles. The second-order valence-corrected chi connectivity index (χ2v) is 6.70. The second-order valence-electron chi connectivity index (χ2n) is 4.93. The first-order valence-electron chi connectivity index (χ1n) is 7.39. The van der Waals surface area contributed by atoms with E-state index in [1.54, 1.807) is 18.2 Å². The van der Waals surface area contributed by atoms with E-state index in [2.05, 4.69) is 23.9 Å². The smallest absolute Gasteiger partial charge is 0.240 e. The molecule has 0 saturated heterocycles. The Balaban J connectivity index is 2.62. The van der Waals surface area contributed by atoms with Gasteiger partial charge >= 0.3 is 0 Å². The summed E-state index contributed by atoms with van der Waals surface area (Å²) in [5, 5.41) is 3.27. The summed E-state index contributed by atoms with van der Waals surface area (Å²) in [5.74, 6) is 0. The molecule has 5 heteroatoms. The summed E-state index contributed by atoms with van der Waals surface area (Å²) in [6.45, 7) is 6.35. The summed E-state index contributed by atoms with van der Waals surface area (Å²) >= 11 is 0. The first-order valence-corrected chi connectivity index (χ1v) is 8.87. The van der Waals surface area contributed by atoms with Crippen molar-refractivity contribution in [1.29, 1.82) is 0 Å². The van der Waals surface area contributed by atoms with Crippen LogP contribution >= 0.6 is 0 Å². The third kappa shape index (κ3) is 6.03. The number of sulfonamides is 1. The van der Waals surface area contributed by atoms with Crippen molar-refractivity contribution in [3.8, 4) is 0 Å². The number of rotatable bonds is 10. The first-order chi connectivity index (χ1) is 9.60. The highest BCUT2D eigenvalue weighted by Crippen LogP contribution is 2.11. The van der Waals surface area contributed by atoms with E-state index in [0.29, 0.717) is 18.0 Å². The van der Waals surface area contributed by atoms with Crippen molar-refractivity contribution in [3.05, 3.63) is 29.8 Å². The molecule has 0 fully saturated rings. The topological polar surface area (TPSA) is 58.2 Å². The molecule has 0 unspecified atom stereocenters. The lowest BCUT2D eigenvalue weighted by Gasteiger charge is -2.09. The van der Waals surface area contributed by atoms with Crippen molar-refractivity contribution >= 4 is 10.0 Å². The largest absolute Gasteiger partial charge is 0.313 e. The maximum atomic E-state index is 12.1. The maximum absolute atomic E-state index is 12.1. The Morgan fingerprint density at radius 1 is 1.05 bits per heavy atom. The summed E-state index contributed by atoms with van der Waals surface area (Å²) in [5.41, 5.74) is 0.995. The maximum Gasteiger partial charge on any atom is 0.240 e. The summed E-state index contributed by atoms with van der Waals surface area (Å²) in [6.07, 6.45) is 4.08. The molecule has 0 radical (unpaired) electrons. The molecule has 1 aromatic rings. The van der Waals surface area contributed by atoms with Gasteiger partial charge < -0.3 is 5.32 Å². The lowest BCUT2D eigenvalue weighted by atomic mass is 10.2.